The van der Waals surface area contributed by atoms with Crippen LogP contribution < -0.4 is 9.46 Å². The van der Waals surface area contributed by atoms with Crippen molar-refractivity contribution >= 4 is 27.5 Å². The lowest BCUT2D eigenvalue weighted by Gasteiger charge is -2.36. The van der Waals surface area contributed by atoms with E-state index in [9.17, 15) is 36.3 Å². The number of carbonyl (C=O) groups is 2. The molecular formula is C27H42F3N3O7S. The molecular weight excluding hydrogens is 567 g/mol. The number of amides is 2. The van der Waals surface area contributed by atoms with Gasteiger partial charge in [-0.05, 0) is 51.3 Å². The number of aliphatic hydroxyl groups excluding tert-OH is 1. The topological polar surface area (TPSA) is 125 Å². The van der Waals surface area contributed by atoms with Gasteiger partial charge in [0.15, 0.2) is 0 Å². The van der Waals surface area contributed by atoms with Crippen LogP contribution in [0, 0.1) is 5.92 Å². The second-order valence-electron chi connectivity index (χ2n) is 10.8. The standard InChI is InChI=1S/C27H42F3N3O7S/c1-18-15-33(19(2)17-34)26(36)22-14-21(31-41(5,37)38)9-10-23(22)40-20(3)8-6-7-13-39-24(18)16-32(4)25(35)11-12-27(28,29)30/h9-10,14,18-20,24,31,34H,6-8,11-13,15-17H2,1-5H3/t18-,19-,20+,24+/m0/s1. The number of sulfonamides is 1. The van der Waals surface area contributed by atoms with E-state index in [-0.39, 0.29) is 42.8 Å². The summed E-state index contributed by atoms with van der Waals surface area (Å²) in [6.07, 6.45) is -4.20. The molecule has 1 aliphatic heterocycles. The van der Waals surface area contributed by atoms with E-state index >= 15 is 0 Å². The number of likely N-dealkylation sites (N-methyl/N-ethyl adjacent to an activating group) is 1. The van der Waals surface area contributed by atoms with Gasteiger partial charge in [-0.3, -0.25) is 14.3 Å². The molecule has 1 aromatic rings. The maximum absolute atomic E-state index is 13.9. The van der Waals surface area contributed by atoms with Crippen molar-refractivity contribution in [1.29, 1.82) is 0 Å². The molecule has 0 saturated carbocycles. The highest BCUT2D eigenvalue weighted by molar-refractivity contribution is 7.92. The minimum atomic E-state index is -4.44. The van der Waals surface area contributed by atoms with Gasteiger partial charge in [-0.15, -0.1) is 0 Å². The summed E-state index contributed by atoms with van der Waals surface area (Å²) in [5, 5.41) is 9.98. The van der Waals surface area contributed by atoms with Gasteiger partial charge in [0.25, 0.3) is 5.91 Å². The van der Waals surface area contributed by atoms with Crippen LogP contribution in [0.15, 0.2) is 18.2 Å². The van der Waals surface area contributed by atoms with Crippen LogP contribution in [0.25, 0.3) is 0 Å². The molecule has 2 rings (SSSR count). The number of rotatable bonds is 8. The third-order valence-corrected chi connectivity index (χ3v) is 7.46. The van der Waals surface area contributed by atoms with Crippen LogP contribution in [0.4, 0.5) is 18.9 Å². The lowest BCUT2D eigenvalue weighted by molar-refractivity contribution is -0.149. The number of hydrogen-bond acceptors (Lipinski definition) is 7. The van der Waals surface area contributed by atoms with Crippen LogP contribution >= 0.6 is 0 Å². The second-order valence-corrected chi connectivity index (χ2v) is 12.5. The third-order valence-electron chi connectivity index (χ3n) is 6.86. The molecule has 0 aromatic heterocycles. The highest BCUT2D eigenvalue weighted by atomic mass is 32.2. The fourth-order valence-electron chi connectivity index (χ4n) is 4.47. The summed E-state index contributed by atoms with van der Waals surface area (Å²) >= 11 is 0. The monoisotopic (exact) mass is 609 g/mol. The summed E-state index contributed by atoms with van der Waals surface area (Å²) in [4.78, 5) is 29.0. The van der Waals surface area contributed by atoms with E-state index < -0.39 is 58.9 Å². The van der Waals surface area contributed by atoms with Crippen LogP contribution in [0.5, 0.6) is 5.75 Å². The van der Waals surface area contributed by atoms with Gasteiger partial charge in [0.05, 0.1) is 43.1 Å². The van der Waals surface area contributed by atoms with Crippen molar-refractivity contribution < 1.29 is 45.8 Å². The number of hydrogen-bond donors (Lipinski definition) is 2. The summed E-state index contributed by atoms with van der Waals surface area (Å²) in [6, 6.07) is 3.77. The van der Waals surface area contributed by atoms with Gasteiger partial charge in [-0.1, -0.05) is 6.92 Å². The van der Waals surface area contributed by atoms with Crippen molar-refractivity contribution in [2.75, 3.05) is 44.3 Å². The van der Waals surface area contributed by atoms with E-state index in [1.54, 1.807) is 13.8 Å². The Morgan fingerprint density at radius 3 is 2.56 bits per heavy atom. The maximum atomic E-state index is 13.9. The normalized spacial score (nSPS) is 22.2. The maximum Gasteiger partial charge on any atom is 0.389 e. The molecule has 1 aromatic carbocycles. The van der Waals surface area contributed by atoms with Gasteiger partial charge in [-0.25, -0.2) is 8.42 Å². The molecule has 0 fully saturated rings. The Hall–Kier alpha value is -2.58. The summed E-state index contributed by atoms with van der Waals surface area (Å²) in [7, 11) is -2.21. The number of nitrogens with one attached hydrogen (secondary N) is 1. The van der Waals surface area contributed by atoms with Gasteiger partial charge < -0.3 is 24.4 Å². The summed E-state index contributed by atoms with van der Waals surface area (Å²) in [5.74, 6) is -1.30. The second kappa shape index (κ2) is 15.1. The molecule has 1 aliphatic rings. The summed E-state index contributed by atoms with van der Waals surface area (Å²) in [6.45, 7) is 5.37. The van der Waals surface area contributed by atoms with Crippen molar-refractivity contribution in [2.24, 2.45) is 5.92 Å². The molecule has 0 radical (unpaired) electrons. The van der Waals surface area contributed by atoms with Crippen molar-refractivity contribution in [1.82, 2.24) is 9.80 Å². The van der Waals surface area contributed by atoms with Gasteiger partial charge in [0.2, 0.25) is 15.9 Å². The van der Waals surface area contributed by atoms with Gasteiger partial charge in [-0.2, -0.15) is 13.2 Å². The van der Waals surface area contributed by atoms with Crippen molar-refractivity contribution in [2.45, 2.75) is 77.3 Å². The zero-order valence-electron chi connectivity index (χ0n) is 24.2. The summed E-state index contributed by atoms with van der Waals surface area (Å²) < 4.78 is 76.2. The van der Waals surface area contributed by atoms with Crippen LogP contribution in [-0.4, -0.2) is 99.2 Å². The zero-order valence-corrected chi connectivity index (χ0v) is 25.1. The third kappa shape index (κ3) is 11.7. The predicted octanol–water partition coefficient (Wildman–Crippen LogP) is 3.65. The molecule has 2 N–H and O–H groups in total. The van der Waals surface area contributed by atoms with Crippen LogP contribution in [0.3, 0.4) is 0 Å². The van der Waals surface area contributed by atoms with E-state index in [0.717, 1.165) is 12.7 Å². The number of alkyl halides is 3. The minimum absolute atomic E-state index is 0.0198. The van der Waals surface area contributed by atoms with Crippen molar-refractivity contribution in [3.05, 3.63) is 23.8 Å². The average molecular weight is 610 g/mol. The summed E-state index contributed by atoms with van der Waals surface area (Å²) in [5.41, 5.74) is 0.272. The van der Waals surface area contributed by atoms with Gasteiger partial charge in [0, 0.05) is 44.8 Å². The van der Waals surface area contributed by atoms with Gasteiger partial charge in [0.1, 0.15) is 5.75 Å². The molecule has 14 heteroatoms. The number of fused-ring (bicyclic) bond motifs is 1. The Morgan fingerprint density at radius 1 is 1.27 bits per heavy atom. The van der Waals surface area contributed by atoms with Gasteiger partial charge >= 0.3 is 6.18 Å². The zero-order chi connectivity index (χ0) is 31.0. The minimum Gasteiger partial charge on any atom is -0.490 e. The van der Waals surface area contributed by atoms with Crippen molar-refractivity contribution in [3.8, 4) is 5.75 Å². The molecule has 0 aliphatic carbocycles. The lowest BCUT2D eigenvalue weighted by Crippen LogP contribution is -2.48. The predicted molar refractivity (Wildman–Crippen MR) is 148 cm³/mol. The van der Waals surface area contributed by atoms with E-state index in [4.69, 9.17) is 9.47 Å². The molecule has 0 unspecified atom stereocenters. The first-order chi connectivity index (χ1) is 19.0. The number of aliphatic hydroxyl groups is 1. The molecule has 10 nitrogen and oxygen atoms in total. The Labute approximate surface area is 240 Å². The van der Waals surface area contributed by atoms with E-state index in [1.807, 2.05) is 6.92 Å². The Kier molecular flexibility index (Phi) is 12.7. The fraction of sp³-hybridized carbons (Fsp3) is 0.704. The van der Waals surface area contributed by atoms with Crippen LogP contribution in [-0.2, 0) is 19.6 Å². The van der Waals surface area contributed by atoms with E-state index in [2.05, 4.69) is 4.72 Å². The van der Waals surface area contributed by atoms with Crippen LogP contribution in [0.1, 0.15) is 63.2 Å². The van der Waals surface area contributed by atoms with Crippen molar-refractivity contribution in [3.63, 3.8) is 0 Å². The number of anilines is 1. The molecule has 41 heavy (non-hydrogen) atoms. The fourth-order valence-corrected chi connectivity index (χ4v) is 5.03. The highest BCUT2D eigenvalue weighted by Crippen LogP contribution is 2.29. The number of nitrogens with zero attached hydrogens (tertiary/aromatic N) is 2. The number of benzene rings is 1. The largest absolute Gasteiger partial charge is 0.490 e. The number of carbonyl (C=O) groups excluding carboxylic acids is 2. The Bertz CT molecular complexity index is 1130. The quantitative estimate of drug-likeness (QED) is 0.461. The molecule has 0 saturated heterocycles. The molecule has 4 atom stereocenters. The average Bonchev–Trinajstić information content (AvgIpc) is 2.87. The first-order valence-corrected chi connectivity index (χ1v) is 15.5. The molecule has 0 bridgehead atoms. The molecule has 2 amide bonds. The Morgan fingerprint density at radius 2 is 1.95 bits per heavy atom. The number of halogens is 3. The van der Waals surface area contributed by atoms with E-state index in [0.29, 0.717) is 19.4 Å². The van der Waals surface area contributed by atoms with E-state index in [1.165, 1.54) is 35.0 Å². The first-order valence-electron chi connectivity index (χ1n) is 13.6. The molecule has 234 valence electrons. The van der Waals surface area contributed by atoms with Crippen LogP contribution in [0.2, 0.25) is 0 Å². The number of ether oxygens (including phenoxy) is 2. The lowest BCUT2D eigenvalue weighted by atomic mass is 10.0. The highest BCUT2D eigenvalue weighted by Gasteiger charge is 2.32. The molecule has 1 heterocycles. The smallest absolute Gasteiger partial charge is 0.389 e. The molecule has 0 spiro atoms. The Balaban J connectivity index is 2.42. The first kappa shape index (κ1) is 34.6. The SMILES string of the molecule is C[C@@H]1CCCCO[C@H](CN(C)C(=O)CCC(F)(F)F)[C@@H](C)CN([C@@H](C)CO)C(=O)c2cc(NS(C)(=O)=O)ccc2O1.